The van der Waals surface area contributed by atoms with E-state index in [-0.39, 0.29) is 24.9 Å². The lowest BCUT2D eigenvalue weighted by atomic mass is 9.80. The molecule has 0 aliphatic heterocycles. The van der Waals surface area contributed by atoms with Crippen LogP contribution in [0.2, 0.25) is 0 Å². The maximum absolute atomic E-state index is 12.3. The predicted molar refractivity (Wildman–Crippen MR) is 73.7 cm³/mol. The highest BCUT2D eigenvalue weighted by Crippen LogP contribution is 2.29. The molecule has 110 valence electrons. The van der Waals surface area contributed by atoms with Crippen LogP contribution in [0.15, 0.2) is 0 Å². The van der Waals surface area contributed by atoms with Gasteiger partial charge in [-0.1, -0.05) is 26.2 Å². The van der Waals surface area contributed by atoms with E-state index < -0.39 is 11.5 Å². The van der Waals surface area contributed by atoms with Gasteiger partial charge in [-0.05, 0) is 26.2 Å². The van der Waals surface area contributed by atoms with E-state index in [2.05, 4.69) is 0 Å². The van der Waals surface area contributed by atoms with Gasteiger partial charge in [0.15, 0.2) is 0 Å². The smallest absolute Gasteiger partial charge is 0.323 e. The summed E-state index contributed by atoms with van der Waals surface area (Å²) in [7, 11) is 0. The highest BCUT2D eigenvalue weighted by molar-refractivity contribution is 5.82. The zero-order valence-electron chi connectivity index (χ0n) is 12.0. The van der Waals surface area contributed by atoms with Crippen LogP contribution >= 0.6 is 0 Å². The summed E-state index contributed by atoms with van der Waals surface area (Å²) in [6.07, 6.45) is 6.04. The molecule has 1 amide bonds. The molecule has 3 N–H and O–H groups in total. The first-order valence-electron chi connectivity index (χ1n) is 7.18. The zero-order valence-corrected chi connectivity index (χ0v) is 12.0. The first-order valence-corrected chi connectivity index (χ1v) is 7.18. The second-order valence-electron chi connectivity index (χ2n) is 5.77. The Hall–Kier alpha value is -1.10. The van der Waals surface area contributed by atoms with Gasteiger partial charge in [0, 0.05) is 18.0 Å². The van der Waals surface area contributed by atoms with Crippen molar-refractivity contribution in [3.63, 3.8) is 0 Å². The molecule has 0 bridgehead atoms. The Balaban J connectivity index is 2.67. The van der Waals surface area contributed by atoms with Gasteiger partial charge in [-0.25, -0.2) is 0 Å². The van der Waals surface area contributed by atoms with Crippen LogP contribution in [0, 0.1) is 0 Å². The molecule has 1 saturated carbocycles. The number of carboxylic acids is 1. The van der Waals surface area contributed by atoms with Gasteiger partial charge in [0.05, 0.1) is 0 Å². The van der Waals surface area contributed by atoms with E-state index in [0.717, 1.165) is 32.1 Å². The lowest BCUT2D eigenvalue weighted by molar-refractivity contribution is -0.146. The molecule has 0 radical (unpaired) electrons. The fourth-order valence-corrected chi connectivity index (χ4v) is 2.69. The molecule has 0 heterocycles. The minimum Gasteiger partial charge on any atom is -0.480 e. The Morgan fingerprint density at radius 2 is 1.89 bits per heavy atom. The number of hydrogen-bond donors (Lipinski definition) is 2. The number of carbonyl (C=O) groups is 2. The average Bonchev–Trinajstić information content (AvgIpc) is 2.35. The van der Waals surface area contributed by atoms with Crippen LogP contribution in [0.25, 0.3) is 0 Å². The van der Waals surface area contributed by atoms with Gasteiger partial charge >= 0.3 is 5.97 Å². The van der Waals surface area contributed by atoms with Crippen molar-refractivity contribution < 1.29 is 14.7 Å². The van der Waals surface area contributed by atoms with E-state index in [1.807, 2.05) is 13.8 Å². The molecule has 0 spiro atoms. The fraction of sp³-hybridized carbons (Fsp3) is 0.857. The molecule has 19 heavy (non-hydrogen) atoms. The Morgan fingerprint density at radius 3 is 2.37 bits per heavy atom. The molecule has 0 aromatic carbocycles. The van der Waals surface area contributed by atoms with E-state index in [9.17, 15) is 9.59 Å². The Labute approximate surface area is 115 Å². The summed E-state index contributed by atoms with van der Waals surface area (Å²) in [6.45, 7) is 3.60. The molecule has 0 saturated heterocycles. The number of nitrogens with two attached hydrogens (primary N) is 1. The van der Waals surface area contributed by atoms with Crippen LogP contribution in [-0.2, 0) is 9.59 Å². The number of carbonyl (C=O) groups excluding carboxylic acids is 1. The highest BCUT2D eigenvalue weighted by atomic mass is 16.4. The van der Waals surface area contributed by atoms with Gasteiger partial charge in [-0.3, -0.25) is 9.59 Å². The monoisotopic (exact) mass is 270 g/mol. The third-order valence-electron chi connectivity index (χ3n) is 4.10. The molecule has 1 fully saturated rings. The molecular formula is C14H26N2O3. The Kier molecular flexibility index (Phi) is 5.79. The summed E-state index contributed by atoms with van der Waals surface area (Å²) < 4.78 is 0. The SMILES string of the molecule is CCC(C)N(CC(=O)O)C(=O)CC1(N)CCCCC1. The largest absolute Gasteiger partial charge is 0.480 e. The summed E-state index contributed by atoms with van der Waals surface area (Å²) in [5, 5.41) is 8.92. The first-order chi connectivity index (χ1) is 8.88. The van der Waals surface area contributed by atoms with Crippen molar-refractivity contribution >= 4 is 11.9 Å². The summed E-state index contributed by atoms with van der Waals surface area (Å²) in [4.78, 5) is 24.7. The maximum Gasteiger partial charge on any atom is 0.323 e. The topological polar surface area (TPSA) is 83.6 Å². The van der Waals surface area contributed by atoms with Crippen molar-refractivity contribution in [3.05, 3.63) is 0 Å². The van der Waals surface area contributed by atoms with E-state index in [4.69, 9.17) is 10.8 Å². The molecule has 1 aliphatic rings. The van der Waals surface area contributed by atoms with Crippen molar-refractivity contribution in [2.24, 2.45) is 5.73 Å². The minimum absolute atomic E-state index is 0.0595. The van der Waals surface area contributed by atoms with Crippen molar-refractivity contribution in [2.45, 2.75) is 70.4 Å². The standard InChI is InChI=1S/C14H26N2O3/c1-3-11(2)16(10-13(18)19)12(17)9-14(15)7-5-4-6-8-14/h11H,3-10,15H2,1-2H3,(H,18,19). The van der Waals surface area contributed by atoms with Gasteiger partial charge in [0.1, 0.15) is 6.54 Å². The molecular weight excluding hydrogens is 244 g/mol. The highest BCUT2D eigenvalue weighted by Gasteiger charge is 2.33. The van der Waals surface area contributed by atoms with Crippen molar-refractivity contribution in [3.8, 4) is 0 Å². The summed E-state index contributed by atoms with van der Waals surface area (Å²) in [5.74, 6) is -1.09. The summed E-state index contributed by atoms with van der Waals surface area (Å²) in [6, 6.07) is -0.0595. The molecule has 1 aliphatic carbocycles. The van der Waals surface area contributed by atoms with Crippen LogP contribution in [-0.4, -0.2) is 40.0 Å². The molecule has 0 aromatic rings. The van der Waals surface area contributed by atoms with Gasteiger partial charge < -0.3 is 15.7 Å². The second kappa shape index (κ2) is 6.89. The van der Waals surface area contributed by atoms with E-state index in [0.29, 0.717) is 0 Å². The van der Waals surface area contributed by atoms with Gasteiger partial charge in [0.2, 0.25) is 5.91 Å². The number of amides is 1. The quantitative estimate of drug-likeness (QED) is 0.770. The van der Waals surface area contributed by atoms with E-state index in [1.54, 1.807) is 0 Å². The number of rotatable bonds is 6. The zero-order chi connectivity index (χ0) is 14.5. The third-order valence-corrected chi connectivity index (χ3v) is 4.10. The van der Waals surface area contributed by atoms with Crippen LogP contribution in [0.5, 0.6) is 0 Å². The van der Waals surface area contributed by atoms with Gasteiger partial charge in [0.25, 0.3) is 0 Å². The number of hydrogen-bond acceptors (Lipinski definition) is 3. The lowest BCUT2D eigenvalue weighted by Gasteiger charge is -2.36. The normalized spacial score (nSPS) is 19.7. The lowest BCUT2D eigenvalue weighted by Crippen LogP contribution is -2.49. The average molecular weight is 270 g/mol. The van der Waals surface area contributed by atoms with Crippen molar-refractivity contribution in [2.75, 3.05) is 6.54 Å². The van der Waals surface area contributed by atoms with E-state index >= 15 is 0 Å². The minimum atomic E-state index is -0.969. The van der Waals surface area contributed by atoms with Crippen molar-refractivity contribution in [1.82, 2.24) is 4.90 Å². The first kappa shape index (κ1) is 16.0. The van der Waals surface area contributed by atoms with Gasteiger partial charge in [-0.2, -0.15) is 0 Å². The number of aliphatic carboxylic acids is 1. The third kappa shape index (κ3) is 4.82. The Morgan fingerprint density at radius 1 is 1.32 bits per heavy atom. The summed E-state index contributed by atoms with van der Waals surface area (Å²) in [5.41, 5.74) is 5.84. The van der Waals surface area contributed by atoms with Gasteiger partial charge in [-0.15, -0.1) is 0 Å². The van der Waals surface area contributed by atoms with Crippen LogP contribution in [0.1, 0.15) is 58.8 Å². The fourth-order valence-electron chi connectivity index (χ4n) is 2.69. The molecule has 1 unspecified atom stereocenters. The van der Waals surface area contributed by atoms with Crippen molar-refractivity contribution in [1.29, 1.82) is 0 Å². The molecule has 1 rings (SSSR count). The molecule has 5 nitrogen and oxygen atoms in total. The number of carboxylic acid groups (broad SMARTS) is 1. The molecule has 5 heteroatoms. The van der Waals surface area contributed by atoms with Crippen LogP contribution in [0.3, 0.4) is 0 Å². The maximum atomic E-state index is 12.3. The predicted octanol–water partition coefficient (Wildman–Crippen LogP) is 1.75. The Bertz CT molecular complexity index is 325. The molecule has 0 aromatic heterocycles. The number of nitrogens with zero attached hydrogens (tertiary/aromatic N) is 1. The van der Waals surface area contributed by atoms with E-state index in [1.165, 1.54) is 11.3 Å². The molecule has 1 atom stereocenters. The summed E-state index contributed by atoms with van der Waals surface area (Å²) >= 11 is 0. The second-order valence-corrected chi connectivity index (χ2v) is 5.77. The van der Waals surface area contributed by atoms with Crippen LogP contribution in [0.4, 0.5) is 0 Å². The van der Waals surface area contributed by atoms with Crippen LogP contribution < -0.4 is 5.73 Å².